The Labute approximate surface area is 257 Å². The standard InChI is InChI=1S/C22H40F10O10SSi2/c1-7-35-44(36-8-2,37-9-3)15-13-17(23)41-19(25,26)21(29,30)43(33,34)22(31,32)20(27,28)42-18(24)14-16-45(38-10-4,39-11-5)40-12-6/h17-18H,7-16H2,1-6H3. The summed E-state index contributed by atoms with van der Waals surface area (Å²) in [6.07, 6.45) is -22.8. The average Bonchev–Trinajstić information content (AvgIpc) is 2.91. The van der Waals surface area contributed by atoms with E-state index in [0.29, 0.717) is 0 Å². The zero-order valence-corrected chi connectivity index (χ0v) is 28.3. The van der Waals surface area contributed by atoms with Crippen molar-refractivity contribution in [2.45, 2.75) is 102 Å². The van der Waals surface area contributed by atoms with Crippen molar-refractivity contribution in [3.05, 3.63) is 0 Å². The summed E-state index contributed by atoms with van der Waals surface area (Å²) in [4.78, 5) is 0. The van der Waals surface area contributed by atoms with Crippen molar-refractivity contribution in [2.24, 2.45) is 0 Å². The predicted octanol–water partition coefficient (Wildman–Crippen LogP) is 6.27. The van der Waals surface area contributed by atoms with Crippen LogP contribution >= 0.6 is 0 Å². The van der Waals surface area contributed by atoms with Crippen LogP contribution in [0, 0.1) is 0 Å². The molecule has 0 rings (SSSR count). The zero-order valence-electron chi connectivity index (χ0n) is 25.5. The van der Waals surface area contributed by atoms with Gasteiger partial charge in [0.1, 0.15) is 0 Å². The summed E-state index contributed by atoms with van der Waals surface area (Å²) >= 11 is 0. The fourth-order valence-corrected chi connectivity index (χ4v) is 9.84. The molecule has 0 N–H and O–H groups in total. The van der Waals surface area contributed by atoms with Gasteiger partial charge in [0.15, 0.2) is 0 Å². The molecule has 2 atom stereocenters. The number of hydrogen-bond donors (Lipinski definition) is 0. The predicted molar refractivity (Wildman–Crippen MR) is 141 cm³/mol. The normalized spacial score (nSPS) is 15.8. The van der Waals surface area contributed by atoms with Crippen LogP contribution in [0.5, 0.6) is 0 Å². The summed E-state index contributed by atoms with van der Waals surface area (Å²) < 4.78 is 205. The van der Waals surface area contributed by atoms with Crippen molar-refractivity contribution >= 4 is 27.4 Å². The van der Waals surface area contributed by atoms with Gasteiger partial charge in [0.2, 0.25) is 12.7 Å². The molecule has 23 heteroatoms. The Hall–Kier alpha value is -0.636. The summed E-state index contributed by atoms with van der Waals surface area (Å²) in [7, 11) is -15.9. The smallest absolute Gasteiger partial charge is 0.374 e. The molecule has 0 aliphatic carbocycles. The highest BCUT2D eigenvalue weighted by atomic mass is 32.2. The zero-order chi connectivity index (χ0) is 35.4. The van der Waals surface area contributed by atoms with Gasteiger partial charge < -0.3 is 26.6 Å². The first-order chi connectivity index (χ1) is 20.6. The highest BCUT2D eigenvalue weighted by molar-refractivity contribution is 7.93. The Morgan fingerprint density at radius 1 is 0.511 bits per heavy atom. The van der Waals surface area contributed by atoms with E-state index in [4.69, 9.17) is 26.6 Å². The number of halogens is 10. The van der Waals surface area contributed by atoms with Crippen LogP contribution in [-0.2, 0) is 45.9 Å². The van der Waals surface area contributed by atoms with Crippen molar-refractivity contribution in [2.75, 3.05) is 39.6 Å². The molecule has 0 spiro atoms. The lowest BCUT2D eigenvalue weighted by Gasteiger charge is -2.33. The van der Waals surface area contributed by atoms with Crippen molar-refractivity contribution in [3.63, 3.8) is 0 Å². The summed E-state index contributed by atoms with van der Waals surface area (Å²) in [6.45, 7) is 8.34. The maximum absolute atomic E-state index is 14.4. The second kappa shape index (κ2) is 18.2. The third kappa shape index (κ3) is 11.2. The molecular weight excluding hydrogens is 702 g/mol. The number of hydrogen-bond acceptors (Lipinski definition) is 10. The van der Waals surface area contributed by atoms with Gasteiger partial charge >= 0.3 is 40.3 Å². The fourth-order valence-electron chi connectivity index (χ4n) is 3.63. The van der Waals surface area contributed by atoms with Crippen LogP contribution in [0.3, 0.4) is 0 Å². The van der Waals surface area contributed by atoms with E-state index in [9.17, 15) is 52.3 Å². The third-order valence-corrected chi connectivity index (χ3v) is 13.4. The molecule has 0 fully saturated rings. The van der Waals surface area contributed by atoms with Crippen LogP contribution in [0.25, 0.3) is 0 Å². The maximum Gasteiger partial charge on any atom is 0.501 e. The maximum atomic E-state index is 14.4. The van der Waals surface area contributed by atoms with E-state index in [0.717, 1.165) is 0 Å². The van der Waals surface area contributed by atoms with E-state index in [1.54, 1.807) is 0 Å². The van der Waals surface area contributed by atoms with Gasteiger partial charge in [0.25, 0.3) is 9.84 Å². The van der Waals surface area contributed by atoms with Gasteiger partial charge in [-0.05, 0) is 41.5 Å². The SMILES string of the molecule is CCO[Si](CCC(F)OC(F)(F)C(F)(F)S(=O)(=O)C(F)(F)C(F)(F)OC(F)CC[Si](OCC)(OCC)OCC)(OCC)OCC. The van der Waals surface area contributed by atoms with E-state index >= 15 is 0 Å². The van der Waals surface area contributed by atoms with Gasteiger partial charge in [-0.1, -0.05) is 0 Å². The minimum atomic E-state index is -8.36. The molecular formula is C22H40F10O10SSi2. The lowest BCUT2D eigenvalue weighted by molar-refractivity contribution is -0.363. The summed E-state index contributed by atoms with van der Waals surface area (Å²) in [5.41, 5.74) is 0. The molecule has 272 valence electrons. The average molecular weight is 743 g/mol. The van der Waals surface area contributed by atoms with Crippen molar-refractivity contribution in [3.8, 4) is 0 Å². The van der Waals surface area contributed by atoms with Crippen LogP contribution < -0.4 is 0 Å². The first kappa shape index (κ1) is 44.4. The molecule has 45 heavy (non-hydrogen) atoms. The fraction of sp³-hybridized carbons (Fsp3) is 1.00. The van der Waals surface area contributed by atoms with E-state index in [-0.39, 0.29) is 39.6 Å². The quantitative estimate of drug-likeness (QED) is 0.0744. The third-order valence-electron chi connectivity index (χ3n) is 5.44. The second-order valence-corrected chi connectivity index (χ2v) is 16.2. The first-order valence-electron chi connectivity index (χ1n) is 13.8. The molecule has 0 amide bonds. The Bertz CT molecular complexity index is 867. The van der Waals surface area contributed by atoms with Gasteiger partial charge in [-0.25, -0.2) is 17.2 Å². The summed E-state index contributed by atoms with van der Waals surface area (Å²) in [5.74, 6) is 0. The van der Waals surface area contributed by atoms with Gasteiger partial charge in [0, 0.05) is 64.6 Å². The summed E-state index contributed by atoms with van der Waals surface area (Å²) in [5, 5.41) is -14.4. The van der Waals surface area contributed by atoms with Gasteiger partial charge in [-0.15, -0.1) is 0 Å². The Morgan fingerprint density at radius 3 is 0.933 bits per heavy atom. The highest BCUT2D eigenvalue weighted by Crippen LogP contribution is 2.52. The second-order valence-electron chi connectivity index (χ2n) is 8.67. The molecule has 0 aromatic rings. The van der Waals surface area contributed by atoms with Gasteiger partial charge in [-0.3, -0.25) is 9.47 Å². The minimum Gasteiger partial charge on any atom is -0.374 e. The monoisotopic (exact) mass is 742 g/mol. The molecule has 2 unspecified atom stereocenters. The van der Waals surface area contributed by atoms with Crippen LogP contribution in [-0.4, -0.2) is 101 Å². The molecule has 0 aliphatic rings. The summed E-state index contributed by atoms with van der Waals surface area (Å²) in [6, 6.07) is -1.36. The van der Waals surface area contributed by atoms with Crippen LogP contribution in [0.4, 0.5) is 43.9 Å². The Kier molecular flexibility index (Phi) is 18.0. The molecule has 0 aliphatic heterocycles. The molecule has 0 saturated heterocycles. The van der Waals surface area contributed by atoms with E-state index in [1.165, 1.54) is 41.5 Å². The number of alkyl halides is 10. The minimum absolute atomic E-state index is 0.0734. The topological polar surface area (TPSA) is 108 Å². The molecule has 0 bridgehead atoms. The molecule has 10 nitrogen and oxygen atoms in total. The Morgan fingerprint density at radius 2 is 0.733 bits per heavy atom. The van der Waals surface area contributed by atoms with Crippen LogP contribution in [0.1, 0.15) is 54.4 Å². The largest absolute Gasteiger partial charge is 0.501 e. The number of ether oxygens (including phenoxy) is 2. The van der Waals surface area contributed by atoms with Crippen LogP contribution in [0.15, 0.2) is 0 Å². The number of rotatable bonds is 26. The molecule has 0 saturated carbocycles. The lowest BCUT2D eigenvalue weighted by Crippen LogP contribution is -2.61. The molecule has 0 heterocycles. The van der Waals surface area contributed by atoms with Gasteiger partial charge in [0.05, 0.1) is 0 Å². The van der Waals surface area contributed by atoms with Gasteiger partial charge in [-0.2, -0.15) is 35.1 Å². The van der Waals surface area contributed by atoms with E-state index < -0.39 is 87.8 Å². The van der Waals surface area contributed by atoms with E-state index in [2.05, 4.69) is 9.47 Å². The highest BCUT2D eigenvalue weighted by Gasteiger charge is 2.81. The molecule has 0 aromatic heterocycles. The first-order valence-corrected chi connectivity index (χ1v) is 19.1. The van der Waals surface area contributed by atoms with Crippen molar-refractivity contribution in [1.82, 2.24) is 0 Å². The van der Waals surface area contributed by atoms with Crippen molar-refractivity contribution in [1.29, 1.82) is 0 Å². The molecule has 0 radical (unpaired) electrons. The van der Waals surface area contributed by atoms with Crippen molar-refractivity contribution < 1.29 is 88.4 Å². The van der Waals surface area contributed by atoms with E-state index in [1.807, 2.05) is 0 Å². The molecule has 0 aromatic carbocycles. The number of sulfone groups is 1. The lowest BCUT2D eigenvalue weighted by atomic mass is 10.5. The van der Waals surface area contributed by atoms with Crippen LogP contribution in [0.2, 0.25) is 12.1 Å². The Balaban J connectivity index is 5.92.